The third-order valence-electron chi connectivity index (χ3n) is 7.55. The van der Waals surface area contributed by atoms with Crippen LogP contribution in [0.25, 0.3) is 0 Å². The van der Waals surface area contributed by atoms with Crippen LogP contribution in [0.3, 0.4) is 0 Å². The lowest BCUT2D eigenvalue weighted by Crippen LogP contribution is -2.69. The molecule has 0 amide bonds. The fraction of sp³-hybridized carbons (Fsp3) is 0.576. The fourth-order valence-electron chi connectivity index (χ4n) is 5.57. The van der Waals surface area contributed by atoms with Crippen molar-refractivity contribution in [2.24, 2.45) is 0 Å². The molecule has 2 aliphatic rings. The lowest BCUT2D eigenvalue weighted by atomic mass is 9.95. The van der Waals surface area contributed by atoms with Crippen molar-refractivity contribution in [3.8, 4) is 0 Å². The van der Waals surface area contributed by atoms with E-state index in [-0.39, 0.29) is 4.90 Å². The number of nitrogens with one attached hydrogen (secondary N) is 3. The van der Waals surface area contributed by atoms with Gasteiger partial charge in [0.15, 0.2) is 48.2 Å². The number of sulfonamides is 1. The number of rotatable bonds is 15. The number of hydrogen-bond donors (Lipinski definition) is 3. The van der Waals surface area contributed by atoms with Crippen LogP contribution < -0.4 is 15.6 Å². The summed E-state index contributed by atoms with van der Waals surface area (Å²) in [4.78, 5) is 87.9. The van der Waals surface area contributed by atoms with Crippen molar-refractivity contribution in [2.45, 2.75) is 115 Å². The minimum atomic E-state index is -4.16. The molecule has 316 valence electrons. The van der Waals surface area contributed by atoms with E-state index >= 15 is 0 Å². The Morgan fingerprint density at radius 3 is 1.53 bits per heavy atom. The quantitative estimate of drug-likeness (QED) is 0.0823. The van der Waals surface area contributed by atoms with Crippen molar-refractivity contribution in [3.05, 3.63) is 30.3 Å². The van der Waals surface area contributed by atoms with Gasteiger partial charge in [0, 0.05) is 48.5 Å². The lowest BCUT2D eigenvalue weighted by Gasteiger charge is -2.49. The van der Waals surface area contributed by atoms with Crippen LogP contribution >= 0.6 is 12.2 Å². The number of benzene rings is 1. The van der Waals surface area contributed by atoms with Crippen LogP contribution in [0, 0.1) is 0 Å². The van der Waals surface area contributed by atoms with Crippen molar-refractivity contribution in [1.82, 2.24) is 15.6 Å². The minimum Gasteiger partial charge on any atom is -0.463 e. The van der Waals surface area contributed by atoms with E-state index in [0.29, 0.717) is 0 Å². The molecular weight excluding hydrogens is 806 g/mol. The van der Waals surface area contributed by atoms with Crippen LogP contribution in [-0.2, 0) is 91.0 Å². The molecule has 57 heavy (non-hydrogen) atoms. The molecule has 0 saturated carbocycles. The smallest absolute Gasteiger partial charge is 0.303 e. The Morgan fingerprint density at radius 2 is 1.04 bits per heavy atom. The molecule has 24 heteroatoms. The predicted molar refractivity (Wildman–Crippen MR) is 189 cm³/mol. The third kappa shape index (κ3) is 14.2. The van der Waals surface area contributed by atoms with Crippen LogP contribution in [0.2, 0.25) is 0 Å². The zero-order valence-electron chi connectivity index (χ0n) is 31.6. The van der Waals surface area contributed by atoms with Gasteiger partial charge in [0.05, 0.1) is 4.90 Å². The highest BCUT2D eigenvalue weighted by molar-refractivity contribution is 7.89. The molecule has 0 radical (unpaired) electrons. The summed E-state index contributed by atoms with van der Waals surface area (Å²) in [6.45, 7) is 5.89. The van der Waals surface area contributed by atoms with Crippen LogP contribution in [0.4, 0.5) is 0 Å². The molecule has 3 rings (SSSR count). The van der Waals surface area contributed by atoms with Gasteiger partial charge in [0.1, 0.15) is 31.5 Å². The summed E-state index contributed by atoms with van der Waals surface area (Å²) in [5, 5.41) is 2.18. The number of hydrogen-bond acceptors (Lipinski definition) is 20. The van der Waals surface area contributed by atoms with Gasteiger partial charge in [0.25, 0.3) is 10.0 Å². The number of esters is 7. The Labute approximate surface area is 331 Å². The van der Waals surface area contributed by atoms with Gasteiger partial charge < -0.3 is 52.7 Å². The molecule has 3 N–H and O–H groups in total. The zero-order chi connectivity index (χ0) is 42.6. The molecule has 0 aromatic heterocycles. The van der Waals surface area contributed by atoms with Gasteiger partial charge in [0.2, 0.25) is 0 Å². The van der Waals surface area contributed by atoms with Gasteiger partial charge in [-0.05, 0) is 24.4 Å². The SMILES string of the molecule is CC(=O)OC[C@H]1O[C@H](O[C@H]2[C@H](OC(C)=O)[C@@H](OC(C)=O)C(NC(=S)NNS(=O)(=O)c3ccccc3)O[C@@H]2COC(C)=O)[C@H](OC(C)=O)[C@@H](OC(C)=O)[C@@H]1OC(C)=O. The maximum Gasteiger partial charge on any atom is 0.303 e. The summed E-state index contributed by atoms with van der Waals surface area (Å²) in [6.07, 6.45) is -16.6. The summed E-state index contributed by atoms with van der Waals surface area (Å²) in [7, 11) is -4.16. The van der Waals surface area contributed by atoms with Crippen molar-refractivity contribution in [1.29, 1.82) is 0 Å². The molecule has 2 aliphatic heterocycles. The Hall–Kier alpha value is -5.01. The van der Waals surface area contributed by atoms with Crippen LogP contribution in [-0.4, -0.2) is 130 Å². The highest BCUT2D eigenvalue weighted by Crippen LogP contribution is 2.35. The molecule has 1 unspecified atom stereocenters. The first-order valence-electron chi connectivity index (χ1n) is 16.9. The molecule has 0 bridgehead atoms. The first-order valence-corrected chi connectivity index (χ1v) is 18.8. The Balaban J connectivity index is 2.10. The van der Waals surface area contributed by atoms with E-state index in [1.165, 1.54) is 24.3 Å². The molecule has 0 aliphatic carbocycles. The summed E-state index contributed by atoms with van der Waals surface area (Å²) < 4.78 is 81.7. The molecule has 0 spiro atoms. The Morgan fingerprint density at radius 1 is 0.596 bits per heavy atom. The number of carbonyl (C=O) groups is 7. The van der Waals surface area contributed by atoms with E-state index in [2.05, 4.69) is 15.6 Å². The zero-order valence-corrected chi connectivity index (χ0v) is 33.3. The van der Waals surface area contributed by atoms with Crippen molar-refractivity contribution >= 4 is 69.1 Å². The first-order chi connectivity index (χ1) is 26.7. The van der Waals surface area contributed by atoms with Gasteiger partial charge >= 0.3 is 41.8 Å². The van der Waals surface area contributed by atoms with Crippen molar-refractivity contribution < 1.29 is 89.3 Å². The summed E-state index contributed by atoms with van der Waals surface area (Å²) in [5.74, 6) is -6.30. The normalized spacial score (nSPS) is 27.0. The molecule has 22 nitrogen and oxygen atoms in total. The van der Waals surface area contributed by atoms with Crippen molar-refractivity contribution in [2.75, 3.05) is 13.2 Å². The van der Waals surface area contributed by atoms with Crippen LogP contribution in [0.15, 0.2) is 35.2 Å². The first kappa shape index (κ1) is 46.4. The largest absolute Gasteiger partial charge is 0.463 e. The minimum absolute atomic E-state index is 0.120. The third-order valence-corrected chi connectivity index (χ3v) is 9.04. The van der Waals surface area contributed by atoms with Gasteiger partial charge in [-0.2, -0.15) is 0 Å². The fourth-order valence-corrected chi connectivity index (χ4v) is 6.67. The summed E-state index contributed by atoms with van der Waals surface area (Å²) in [5.41, 5.74) is 2.28. The van der Waals surface area contributed by atoms with Gasteiger partial charge in [-0.25, -0.2) is 8.42 Å². The monoisotopic (exact) mass is 849 g/mol. The summed E-state index contributed by atoms with van der Waals surface area (Å²) in [6, 6.07) is 7.21. The van der Waals surface area contributed by atoms with Crippen LogP contribution in [0.5, 0.6) is 0 Å². The van der Waals surface area contributed by atoms with Gasteiger partial charge in [-0.1, -0.05) is 18.2 Å². The van der Waals surface area contributed by atoms with E-state index in [1.807, 2.05) is 0 Å². The highest BCUT2D eigenvalue weighted by Gasteiger charge is 2.57. The predicted octanol–water partition coefficient (Wildman–Crippen LogP) is -1.04. The van der Waals surface area contributed by atoms with Gasteiger partial charge in [-0.15, -0.1) is 4.83 Å². The second-order valence-electron chi connectivity index (χ2n) is 12.2. The number of hydrazine groups is 1. The van der Waals surface area contributed by atoms with Gasteiger partial charge in [-0.3, -0.25) is 39.0 Å². The standard InChI is InChI=1S/C33H43N3O19S2/c1-15(37)46-13-23-26(55-32-30(52-21(7)43)28(50-19(5)41)25(48-17(3)39)24(54-32)14-47-16(2)38)27(49-18(4)40)29(51-20(6)42)31(53-23)34-33(56)35-36-57(44,45)22-11-9-8-10-12-22/h8-12,23-32,36H,13-14H2,1-7H3,(H2,34,35,56)/t23-,24-,25-,26-,27+,28+,29-,30-,31?,32-/m1/s1. The van der Waals surface area contributed by atoms with E-state index in [4.69, 9.17) is 59.6 Å². The average molecular weight is 850 g/mol. The Bertz CT molecular complexity index is 1760. The van der Waals surface area contributed by atoms with Crippen molar-refractivity contribution in [3.63, 3.8) is 0 Å². The van der Waals surface area contributed by atoms with E-state index < -0.39 is 131 Å². The molecule has 2 fully saturated rings. The lowest BCUT2D eigenvalue weighted by molar-refractivity contribution is -0.345. The second-order valence-corrected chi connectivity index (χ2v) is 14.3. The van der Waals surface area contributed by atoms with E-state index in [0.717, 1.165) is 48.5 Å². The molecule has 1 aromatic carbocycles. The molecule has 2 heterocycles. The number of thiocarbonyl (C=S) groups is 1. The molecule has 10 atom stereocenters. The van der Waals surface area contributed by atoms with E-state index in [1.54, 1.807) is 6.07 Å². The van der Waals surface area contributed by atoms with Crippen LogP contribution in [0.1, 0.15) is 48.5 Å². The van der Waals surface area contributed by atoms with E-state index in [9.17, 15) is 42.0 Å². The highest BCUT2D eigenvalue weighted by atomic mass is 32.2. The number of ether oxygens (including phenoxy) is 10. The maximum atomic E-state index is 12.8. The Kier molecular flexibility index (Phi) is 17.0. The molecule has 2 saturated heterocycles. The molecular formula is C33H43N3O19S2. The molecule has 1 aromatic rings. The number of carbonyl (C=O) groups excluding carboxylic acids is 7. The topological polar surface area (TPSA) is 282 Å². The second kappa shape index (κ2) is 20.9. The summed E-state index contributed by atoms with van der Waals surface area (Å²) >= 11 is 5.27. The average Bonchev–Trinajstić information content (AvgIpc) is 3.10. The maximum absolute atomic E-state index is 12.8.